The van der Waals surface area contributed by atoms with Gasteiger partial charge in [0.1, 0.15) is 11.8 Å². The number of carbonyl (C=O) groups is 3. The van der Waals surface area contributed by atoms with Crippen LogP contribution in [0.3, 0.4) is 0 Å². The Labute approximate surface area is 238 Å². The van der Waals surface area contributed by atoms with Crippen LogP contribution >= 0.6 is 11.6 Å². The molecule has 0 unspecified atom stereocenters. The number of rotatable bonds is 7. The number of imide groups is 1. The number of piperazine rings is 1. The summed E-state index contributed by atoms with van der Waals surface area (Å²) in [6.07, 6.45) is 0. The van der Waals surface area contributed by atoms with E-state index in [1.807, 2.05) is 0 Å². The standard InChI is InChI=1S/C24H26ClF2N5O8S/c25-15-1-3-16(4-2-15)40-22-18(26)11-17(12-19(22)27)41(37,38)32-6-5-31(13-20(32)23(34)29-36)24(35)28-21(33)14-30-7-9-39-10-8-30/h1-4,11-12,20,36H,5-10,13-14H2,(H,29,34)(H,28,33,35)/t20-/m0/s1. The van der Waals surface area contributed by atoms with Gasteiger partial charge in [0.2, 0.25) is 15.9 Å². The zero-order valence-electron chi connectivity index (χ0n) is 21.4. The van der Waals surface area contributed by atoms with E-state index in [1.165, 1.54) is 29.7 Å². The number of hydrogen-bond acceptors (Lipinski definition) is 9. The van der Waals surface area contributed by atoms with E-state index in [0.717, 1.165) is 4.90 Å². The first-order chi connectivity index (χ1) is 19.5. The van der Waals surface area contributed by atoms with Crippen molar-refractivity contribution in [3.8, 4) is 11.5 Å². The highest BCUT2D eigenvalue weighted by Crippen LogP contribution is 2.32. The number of amides is 4. The summed E-state index contributed by atoms with van der Waals surface area (Å²) < 4.78 is 67.5. The zero-order valence-corrected chi connectivity index (χ0v) is 23.0. The predicted molar refractivity (Wildman–Crippen MR) is 138 cm³/mol. The van der Waals surface area contributed by atoms with Crippen molar-refractivity contribution in [1.29, 1.82) is 0 Å². The average molecular weight is 618 g/mol. The van der Waals surface area contributed by atoms with Gasteiger partial charge in [0.05, 0.1) is 24.7 Å². The summed E-state index contributed by atoms with van der Waals surface area (Å²) in [5.41, 5.74) is 1.34. The van der Waals surface area contributed by atoms with Crippen LogP contribution in [0.5, 0.6) is 11.5 Å². The van der Waals surface area contributed by atoms with Crippen LogP contribution in [0, 0.1) is 11.6 Å². The molecule has 0 radical (unpaired) electrons. The number of morpholine rings is 1. The van der Waals surface area contributed by atoms with E-state index >= 15 is 0 Å². The van der Waals surface area contributed by atoms with Crippen molar-refractivity contribution < 1.29 is 46.3 Å². The second-order valence-corrected chi connectivity index (χ2v) is 11.4. The topological polar surface area (TPSA) is 158 Å². The molecule has 2 saturated heterocycles. The average Bonchev–Trinajstić information content (AvgIpc) is 2.95. The molecule has 3 N–H and O–H groups in total. The fraction of sp³-hybridized carbons (Fsp3) is 0.375. The third kappa shape index (κ3) is 7.27. The van der Waals surface area contributed by atoms with Crippen LogP contribution in [0.15, 0.2) is 41.3 Å². The fourth-order valence-corrected chi connectivity index (χ4v) is 5.99. The van der Waals surface area contributed by atoms with E-state index in [9.17, 15) is 36.8 Å². The molecular weight excluding hydrogens is 592 g/mol. The summed E-state index contributed by atoms with van der Waals surface area (Å²) in [7, 11) is -4.73. The highest BCUT2D eigenvalue weighted by atomic mass is 35.5. The first-order valence-electron chi connectivity index (χ1n) is 12.3. The van der Waals surface area contributed by atoms with Crippen molar-refractivity contribution in [2.45, 2.75) is 10.9 Å². The quantitative estimate of drug-likeness (QED) is 0.306. The van der Waals surface area contributed by atoms with Gasteiger partial charge in [-0.05, 0) is 36.4 Å². The monoisotopic (exact) mass is 617 g/mol. The Morgan fingerprint density at radius 1 is 1.05 bits per heavy atom. The molecule has 1 atom stereocenters. The molecule has 0 saturated carbocycles. The van der Waals surface area contributed by atoms with Gasteiger partial charge < -0.3 is 14.4 Å². The Morgan fingerprint density at radius 3 is 2.29 bits per heavy atom. The van der Waals surface area contributed by atoms with Crippen LogP contribution in [0.2, 0.25) is 5.02 Å². The maximum Gasteiger partial charge on any atom is 0.324 e. The van der Waals surface area contributed by atoms with Crippen LogP contribution in [0.4, 0.5) is 13.6 Å². The van der Waals surface area contributed by atoms with E-state index in [-0.39, 0.29) is 18.8 Å². The molecule has 4 rings (SSSR count). The van der Waals surface area contributed by atoms with Gasteiger partial charge in [0, 0.05) is 37.7 Å². The zero-order chi connectivity index (χ0) is 29.7. The molecule has 2 aromatic carbocycles. The van der Waals surface area contributed by atoms with E-state index in [0.29, 0.717) is 47.8 Å². The smallest absolute Gasteiger partial charge is 0.324 e. The van der Waals surface area contributed by atoms with Crippen LogP contribution in [-0.2, 0) is 24.3 Å². The fourth-order valence-electron chi connectivity index (χ4n) is 4.27. The van der Waals surface area contributed by atoms with Gasteiger partial charge in [-0.25, -0.2) is 27.5 Å². The largest absolute Gasteiger partial charge is 0.451 e. The summed E-state index contributed by atoms with van der Waals surface area (Å²) in [6, 6.07) is 4.06. The van der Waals surface area contributed by atoms with E-state index in [2.05, 4.69) is 5.32 Å². The summed E-state index contributed by atoms with van der Waals surface area (Å²) >= 11 is 5.79. The number of hydroxylamine groups is 1. The maximum atomic E-state index is 14.9. The number of sulfonamides is 1. The van der Waals surface area contributed by atoms with Gasteiger partial charge in [0.25, 0.3) is 5.91 Å². The number of urea groups is 1. The highest BCUT2D eigenvalue weighted by Gasteiger charge is 2.42. The second kappa shape index (κ2) is 13.1. The highest BCUT2D eigenvalue weighted by molar-refractivity contribution is 7.89. The van der Waals surface area contributed by atoms with Gasteiger partial charge in [-0.3, -0.25) is 25.0 Å². The summed E-state index contributed by atoms with van der Waals surface area (Å²) in [6.45, 7) is 0.511. The first-order valence-corrected chi connectivity index (χ1v) is 14.1. The van der Waals surface area contributed by atoms with Crippen molar-refractivity contribution in [3.63, 3.8) is 0 Å². The minimum absolute atomic E-state index is 0.0420. The molecule has 222 valence electrons. The van der Waals surface area contributed by atoms with Gasteiger partial charge in [0.15, 0.2) is 17.4 Å². The minimum atomic E-state index is -4.73. The molecule has 0 bridgehead atoms. The van der Waals surface area contributed by atoms with Crippen molar-refractivity contribution in [2.24, 2.45) is 0 Å². The normalized spacial score (nSPS) is 18.5. The molecule has 41 heavy (non-hydrogen) atoms. The van der Waals surface area contributed by atoms with Gasteiger partial charge in [-0.2, -0.15) is 4.31 Å². The van der Waals surface area contributed by atoms with Crippen molar-refractivity contribution in [2.75, 3.05) is 52.5 Å². The lowest BCUT2D eigenvalue weighted by molar-refractivity contribution is -0.134. The van der Waals surface area contributed by atoms with E-state index in [1.54, 1.807) is 4.90 Å². The molecular formula is C24H26ClF2N5O8S. The third-order valence-corrected chi connectivity index (χ3v) is 8.50. The summed E-state index contributed by atoms with van der Waals surface area (Å²) in [4.78, 5) is 39.4. The molecule has 2 aliphatic rings. The lowest BCUT2D eigenvalue weighted by atomic mass is 10.2. The molecule has 0 aromatic heterocycles. The number of halogens is 3. The van der Waals surface area contributed by atoms with Gasteiger partial charge in [-0.1, -0.05) is 11.6 Å². The molecule has 4 amide bonds. The van der Waals surface area contributed by atoms with Crippen molar-refractivity contribution >= 4 is 39.5 Å². The van der Waals surface area contributed by atoms with E-state index in [4.69, 9.17) is 21.1 Å². The van der Waals surface area contributed by atoms with Gasteiger partial charge >= 0.3 is 6.03 Å². The Kier molecular flexibility index (Phi) is 9.72. The number of hydrogen-bond donors (Lipinski definition) is 3. The molecule has 0 spiro atoms. The molecule has 2 aromatic rings. The maximum absolute atomic E-state index is 14.9. The number of benzene rings is 2. The number of nitrogens with one attached hydrogen (secondary N) is 2. The van der Waals surface area contributed by atoms with Crippen LogP contribution < -0.4 is 15.5 Å². The van der Waals surface area contributed by atoms with Crippen molar-refractivity contribution in [3.05, 3.63) is 53.1 Å². The Balaban J connectivity index is 1.49. The summed E-state index contributed by atoms with van der Waals surface area (Å²) in [5.74, 6) is -5.30. The molecule has 2 heterocycles. The number of carbonyl (C=O) groups excluding carboxylic acids is 3. The SMILES string of the molecule is O=C(CN1CCOCC1)NC(=O)N1CCN(S(=O)(=O)c2cc(F)c(Oc3ccc(Cl)cc3)c(F)c2)[C@H](C(=O)NO)C1. The lowest BCUT2D eigenvalue weighted by Gasteiger charge is -2.39. The molecule has 2 aliphatic heterocycles. The Bertz CT molecular complexity index is 1390. The number of ether oxygens (including phenoxy) is 2. The Morgan fingerprint density at radius 2 is 1.68 bits per heavy atom. The van der Waals surface area contributed by atoms with E-state index < -0.39 is 69.3 Å². The second-order valence-electron chi connectivity index (χ2n) is 9.07. The first kappa shape index (κ1) is 30.5. The van der Waals surface area contributed by atoms with Crippen LogP contribution in [-0.4, -0.2) is 104 Å². The third-order valence-electron chi connectivity index (χ3n) is 6.36. The molecule has 0 aliphatic carbocycles. The lowest BCUT2D eigenvalue weighted by Crippen LogP contribution is -2.62. The summed E-state index contributed by atoms with van der Waals surface area (Å²) in [5, 5.41) is 11.8. The van der Waals surface area contributed by atoms with Crippen LogP contribution in [0.25, 0.3) is 0 Å². The molecule has 17 heteroatoms. The predicted octanol–water partition coefficient (Wildman–Crippen LogP) is 1.16. The minimum Gasteiger partial charge on any atom is -0.451 e. The van der Waals surface area contributed by atoms with Crippen molar-refractivity contribution in [1.82, 2.24) is 24.9 Å². The van der Waals surface area contributed by atoms with Gasteiger partial charge in [-0.15, -0.1) is 0 Å². The Hall–Kier alpha value is -3.41. The number of nitrogens with zero attached hydrogens (tertiary/aromatic N) is 3. The molecule has 2 fully saturated rings. The molecule has 13 nitrogen and oxygen atoms in total. The van der Waals surface area contributed by atoms with Crippen LogP contribution in [0.1, 0.15) is 0 Å².